The van der Waals surface area contributed by atoms with Crippen LogP contribution in [0.3, 0.4) is 0 Å². The first-order valence-electron chi connectivity index (χ1n) is 6.14. The number of rotatable bonds is 3. The molecule has 0 bridgehead atoms. The number of sulfone groups is 1. The summed E-state index contributed by atoms with van der Waals surface area (Å²) >= 11 is 0. The Labute approximate surface area is 111 Å². The van der Waals surface area contributed by atoms with Gasteiger partial charge in [0.1, 0.15) is 6.04 Å². The molecule has 1 saturated heterocycles. The zero-order valence-electron chi connectivity index (χ0n) is 11.2. The Morgan fingerprint density at radius 1 is 1.42 bits per heavy atom. The van der Waals surface area contributed by atoms with Crippen LogP contribution in [0.4, 0.5) is 0 Å². The maximum atomic E-state index is 12.1. The highest BCUT2D eigenvalue weighted by Gasteiger charge is 2.35. The highest BCUT2D eigenvalue weighted by molar-refractivity contribution is 7.90. The summed E-state index contributed by atoms with van der Waals surface area (Å²) in [7, 11) is -3.51. The van der Waals surface area contributed by atoms with Crippen molar-refractivity contribution in [1.29, 1.82) is 0 Å². The quantitative estimate of drug-likeness (QED) is 0.816. The molecule has 19 heavy (non-hydrogen) atoms. The Balaban J connectivity index is 2.26. The summed E-state index contributed by atoms with van der Waals surface area (Å²) in [6.07, 6.45) is 2.57. The molecule has 0 saturated carbocycles. The van der Waals surface area contributed by atoms with Crippen LogP contribution in [0.5, 0.6) is 0 Å². The van der Waals surface area contributed by atoms with Crippen molar-refractivity contribution in [2.24, 2.45) is 5.92 Å². The molecular weight excluding hydrogens is 270 g/mol. The molecule has 106 valence electrons. The van der Waals surface area contributed by atoms with Gasteiger partial charge in [-0.25, -0.2) is 8.42 Å². The third-order valence-corrected chi connectivity index (χ3v) is 3.85. The maximum absolute atomic E-state index is 12.1. The van der Waals surface area contributed by atoms with Crippen molar-refractivity contribution in [2.45, 2.75) is 38.0 Å². The molecule has 1 fully saturated rings. The van der Waals surface area contributed by atoms with Gasteiger partial charge in [-0.3, -0.25) is 4.79 Å². The zero-order valence-corrected chi connectivity index (χ0v) is 12.0. The number of carbonyl (C=O) groups is 1. The van der Waals surface area contributed by atoms with E-state index in [1.807, 2.05) is 13.8 Å². The molecule has 7 nitrogen and oxygen atoms in total. The first kappa shape index (κ1) is 14.0. The van der Waals surface area contributed by atoms with Gasteiger partial charge in [0.25, 0.3) is 0 Å². The second-order valence-corrected chi connectivity index (χ2v) is 6.92. The fraction of sp³-hybridized carbons (Fsp3) is 0.727. The second kappa shape index (κ2) is 4.92. The molecule has 0 N–H and O–H groups in total. The van der Waals surface area contributed by atoms with Crippen LogP contribution in [0.25, 0.3) is 0 Å². The largest absolute Gasteiger partial charge is 0.410 e. The lowest BCUT2D eigenvalue weighted by molar-refractivity contribution is -0.135. The molecule has 1 aromatic rings. The van der Waals surface area contributed by atoms with Gasteiger partial charge in [0.05, 0.1) is 0 Å². The summed E-state index contributed by atoms with van der Waals surface area (Å²) in [5.41, 5.74) is 0. The number of aromatic nitrogens is 2. The summed E-state index contributed by atoms with van der Waals surface area (Å²) < 4.78 is 27.8. The normalized spacial score (nSPS) is 20.2. The molecule has 2 rings (SSSR count). The number of hydrogen-bond acceptors (Lipinski definition) is 6. The average molecular weight is 287 g/mol. The van der Waals surface area contributed by atoms with Gasteiger partial charge in [0.15, 0.2) is 0 Å². The standard InChI is InChI=1S/C11H17N3O4S/c1-7(2)10(15)14-6-4-5-8(14)9-12-13-11(18-9)19(3,16)17/h7-8H,4-6H2,1-3H3/t8-/m0/s1. The van der Waals surface area contributed by atoms with E-state index in [2.05, 4.69) is 10.2 Å². The lowest BCUT2D eigenvalue weighted by atomic mass is 10.1. The fourth-order valence-corrected chi connectivity index (χ4v) is 2.55. The topological polar surface area (TPSA) is 93.4 Å². The molecule has 0 aromatic carbocycles. The van der Waals surface area contributed by atoms with E-state index in [0.717, 1.165) is 12.7 Å². The summed E-state index contributed by atoms with van der Waals surface area (Å²) in [5, 5.41) is 6.90. The first-order valence-corrected chi connectivity index (χ1v) is 8.04. The predicted molar refractivity (Wildman–Crippen MR) is 65.9 cm³/mol. The molecule has 1 aliphatic rings. The molecule has 1 aliphatic heterocycles. The van der Waals surface area contributed by atoms with Crippen molar-refractivity contribution in [3.63, 3.8) is 0 Å². The molecule has 1 atom stereocenters. The molecule has 1 amide bonds. The highest BCUT2D eigenvalue weighted by atomic mass is 32.2. The highest BCUT2D eigenvalue weighted by Crippen LogP contribution is 2.32. The van der Waals surface area contributed by atoms with Crippen molar-refractivity contribution < 1.29 is 17.6 Å². The van der Waals surface area contributed by atoms with E-state index in [4.69, 9.17) is 4.42 Å². The monoisotopic (exact) mass is 287 g/mol. The SMILES string of the molecule is CC(C)C(=O)N1CCC[C@H]1c1nnc(S(C)(=O)=O)o1. The Morgan fingerprint density at radius 3 is 2.63 bits per heavy atom. The number of carbonyl (C=O) groups excluding carboxylic acids is 1. The lowest BCUT2D eigenvalue weighted by Crippen LogP contribution is -2.33. The lowest BCUT2D eigenvalue weighted by Gasteiger charge is -2.23. The van der Waals surface area contributed by atoms with Crippen LogP contribution in [0, 0.1) is 5.92 Å². The third-order valence-electron chi connectivity index (χ3n) is 3.05. The van der Waals surface area contributed by atoms with Gasteiger partial charge in [0.2, 0.25) is 21.6 Å². The summed E-state index contributed by atoms with van der Waals surface area (Å²) in [6, 6.07) is -0.308. The van der Waals surface area contributed by atoms with Crippen LogP contribution in [0.1, 0.15) is 38.6 Å². The minimum atomic E-state index is -3.51. The smallest absolute Gasteiger partial charge is 0.335 e. The molecule has 0 aliphatic carbocycles. The summed E-state index contributed by atoms with van der Waals surface area (Å²) in [5.74, 6) is 0.103. The molecule has 1 aromatic heterocycles. The van der Waals surface area contributed by atoms with Crippen molar-refractivity contribution in [3.05, 3.63) is 5.89 Å². The predicted octanol–water partition coefficient (Wildman–Crippen LogP) is 0.793. The van der Waals surface area contributed by atoms with E-state index in [1.54, 1.807) is 4.90 Å². The van der Waals surface area contributed by atoms with E-state index in [-0.39, 0.29) is 23.8 Å². The number of amides is 1. The van der Waals surface area contributed by atoms with Crippen LogP contribution in [0.2, 0.25) is 0 Å². The van der Waals surface area contributed by atoms with Crippen molar-refractivity contribution >= 4 is 15.7 Å². The molecule has 0 unspecified atom stereocenters. The van der Waals surface area contributed by atoms with E-state index >= 15 is 0 Å². The van der Waals surface area contributed by atoms with Crippen LogP contribution in [-0.2, 0) is 14.6 Å². The molecule has 2 heterocycles. The van der Waals surface area contributed by atoms with E-state index in [0.29, 0.717) is 13.0 Å². The average Bonchev–Trinajstić information content (AvgIpc) is 2.95. The van der Waals surface area contributed by atoms with Crippen LogP contribution in [0.15, 0.2) is 9.64 Å². The first-order chi connectivity index (χ1) is 8.80. The third kappa shape index (κ3) is 2.78. The van der Waals surface area contributed by atoms with Gasteiger partial charge < -0.3 is 9.32 Å². The van der Waals surface area contributed by atoms with Gasteiger partial charge in [-0.2, -0.15) is 0 Å². The van der Waals surface area contributed by atoms with Gasteiger partial charge in [0, 0.05) is 18.7 Å². The van der Waals surface area contributed by atoms with E-state index in [1.165, 1.54) is 0 Å². The maximum Gasteiger partial charge on any atom is 0.335 e. The van der Waals surface area contributed by atoms with E-state index < -0.39 is 15.1 Å². The van der Waals surface area contributed by atoms with Crippen LogP contribution >= 0.6 is 0 Å². The second-order valence-electron chi connectivity index (χ2n) is 5.02. The number of likely N-dealkylation sites (tertiary alicyclic amines) is 1. The van der Waals surface area contributed by atoms with Gasteiger partial charge in [-0.05, 0) is 12.8 Å². The van der Waals surface area contributed by atoms with Crippen LogP contribution < -0.4 is 0 Å². The van der Waals surface area contributed by atoms with Crippen LogP contribution in [-0.4, -0.2) is 42.2 Å². The van der Waals surface area contributed by atoms with E-state index in [9.17, 15) is 13.2 Å². The molecular formula is C11H17N3O4S. The van der Waals surface area contributed by atoms with Crippen molar-refractivity contribution in [1.82, 2.24) is 15.1 Å². The van der Waals surface area contributed by atoms with Crippen molar-refractivity contribution in [3.8, 4) is 0 Å². The Kier molecular flexibility index (Phi) is 3.62. The zero-order chi connectivity index (χ0) is 14.2. The minimum Gasteiger partial charge on any atom is -0.410 e. The Bertz CT molecular complexity index is 579. The van der Waals surface area contributed by atoms with Gasteiger partial charge >= 0.3 is 5.22 Å². The minimum absolute atomic E-state index is 0.0154. The Hall–Kier alpha value is -1.44. The molecule has 0 spiro atoms. The van der Waals surface area contributed by atoms with Gasteiger partial charge in [-0.1, -0.05) is 18.9 Å². The number of nitrogens with zero attached hydrogens (tertiary/aromatic N) is 3. The molecule has 0 radical (unpaired) electrons. The summed E-state index contributed by atoms with van der Waals surface area (Å²) in [4.78, 5) is 13.7. The fourth-order valence-electron chi connectivity index (χ4n) is 2.12. The number of hydrogen-bond donors (Lipinski definition) is 0. The van der Waals surface area contributed by atoms with Crippen molar-refractivity contribution in [2.75, 3.05) is 12.8 Å². The summed E-state index contributed by atoms with van der Waals surface area (Å²) in [6.45, 7) is 4.29. The van der Waals surface area contributed by atoms with Gasteiger partial charge in [-0.15, -0.1) is 5.10 Å². The Morgan fingerprint density at radius 2 is 2.11 bits per heavy atom. The molecule has 8 heteroatoms.